The van der Waals surface area contributed by atoms with E-state index < -0.39 is 11.8 Å². The number of aliphatic hydroxyl groups excluding tert-OH is 1. The number of nitriles is 1. The summed E-state index contributed by atoms with van der Waals surface area (Å²) in [6.45, 7) is 24.8. The Morgan fingerprint density at radius 3 is 1.30 bits per heavy atom. The highest BCUT2D eigenvalue weighted by molar-refractivity contribution is 9.08. The summed E-state index contributed by atoms with van der Waals surface area (Å²) in [7, 11) is 3.29. The van der Waals surface area contributed by atoms with E-state index in [2.05, 4.69) is 113 Å². The number of likely N-dealkylation sites (tertiary alicyclic amines) is 5. The maximum Gasteiger partial charge on any atom is 0.335 e. The van der Waals surface area contributed by atoms with E-state index in [0.717, 1.165) is 158 Å². The number of nitrogens with zero attached hydrogens (tertiary/aromatic N) is 18. The molecule has 11 heterocycles. The number of benzene rings is 8. The highest BCUT2D eigenvalue weighted by atomic mass is 79.9. The minimum Gasteiger partial charge on any atom is -0.497 e. The van der Waals surface area contributed by atoms with E-state index >= 15 is 0 Å². The van der Waals surface area contributed by atoms with Crippen LogP contribution in [0.4, 0.5) is 49.5 Å². The van der Waals surface area contributed by atoms with Crippen LogP contribution in [-0.4, -0.2) is 187 Å². The van der Waals surface area contributed by atoms with Crippen molar-refractivity contribution in [2.24, 2.45) is 0 Å². The number of alkyl halides is 1. The number of nitrogens with two attached hydrogens (primary N) is 1. The molecule has 20 rings (SSSR count). The number of unbranched alkanes of at least 4 members (excludes halogenated alkanes) is 1. The van der Waals surface area contributed by atoms with E-state index in [0.29, 0.717) is 144 Å². The average molecular weight is 2090 g/mol. The first kappa shape index (κ1) is 109. The molecule has 1 aliphatic carbocycles. The zero-order chi connectivity index (χ0) is 102. The maximum absolute atomic E-state index is 14.8. The van der Waals surface area contributed by atoms with Crippen molar-refractivity contribution >= 4 is 101 Å². The fraction of sp³-hybridized carbons (Fsp3) is 0.389. The first-order valence-electron chi connectivity index (χ1n) is 49.1. The Balaban J connectivity index is 0.000000145. The summed E-state index contributed by atoms with van der Waals surface area (Å²) in [5, 5.41) is 51.3. The van der Waals surface area contributed by atoms with E-state index in [-0.39, 0.29) is 57.8 Å². The molecule has 0 unspecified atom stereocenters. The van der Waals surface area contributed by atoms with Crippen molar-refractivity contribution in [2.75, 3.05) is 103 Å². The highest BCUT2D eigenvalue weighted by Gasteiger charge is 2.24. The number of H-pyrrole nitrogens is 1. The number of ether oxygens (including phenoxy) is 3. The standard InChI is InChI=1S/C25H26ClFN6O.C21H27FN6O.C13H12ClN5O.C12H13FN2.C12H14FNO2.C12H16FNO.C8H5BrFN.C5H10/c1-34-20-8-5-17(6-9-20)13-28-23-21-14-29-33(24(21)31-25(26)30-23)15-18-4-7-19(22(27)12-18)16-32-10-2-3-11-32;1-2-3-10-29-21-25-19(23)17-12-24-28(20(17)26-21)13-15-6-7-16(18(22)11-15)14-27-8-4-5-9-27;1-20-9-4-2-8(3-5-9)6-15-11-10-7-16-19-12(10)18-13(14)17-11;13-12-7-10(8-14)3-4-11(12)9-15-5-1-2-6-15;13-11-7-9(12(15)16)3-4-10(11)8-14-5-1-2-6-14;13-12-7-10(9-15)3-4-11(12)8-14-5-1-2-6-14;1-11-7-3-2-6(5-9)8(10)4-7;1-2-4-5-3-1/h4-9,12,14H,2-3,10-11,13,15-16H2,1H3,(H,28,30,31);6-7,11-12H,2-5,8-10,13-14H2,1H3,(H2,23,25,26);2-5,7H,6H2,1H3,(H2,15,16,17,18,19);3-4,7H,1-2,5-6,9H2;3-4,7H,1-2,5-6,8H2,(H,15,16);3-4,7,15H,1-2,5-6,8-9H2;2-4H,5H2;1-5H2. The van der Waals surface area contributed by atoms with Gasteiger partial charge in [0, 0.05) is 79.0 Å². The van der Waals surface area contributed by atoms with Crippen molar-refractivity contribution in [1.82, 2.24) is 84.2 Å². The number of carboxylic acids is 1. The Bertz CT molecular complexity index is 6590. The average Bonchev–Trinajstić information content (AvgIpc) is 1.66. The zero-order valence-corrected chi connectivity index (χ0v) is 85.0. The lowest BCUT2D eigenvalue weighted by atomic mass is 10.1. The molecular formula is C108H123BrCl2F6N22O6. The van der Waals surface area contributed by atoms with Crippen LogP contribution in [0.3, 0.4) is 0 Å². The van der Waals surface area contributed by atoms with Crippen molar-refractivity contribution in [3.63, 3.8) is 0 Å². The van der Waals surface area contributed by atoms with Gasteiger partial charge in [0.2, 0.25) is 10.6 Å². The molecule has 28 nitrogen and oxygen atoms in total. The van der Waals surface area contributed by atoms with Gasteiger partial charge in [0.05, 0.1) is 99.0 Å². The van der Waals surface area contributed by atoms with Gasteiger partial charge in [-0.15, -0.1) is 0 Å². The zero-order valence-electron chi connectivity index (χ0n) is 81.9. The summed E-state index contributed by atoms with van der Waals surface area (Å²) in [5.74, 6) is 0.560. The molecular weight excluding hydrogens is 1970 g/mol. The van der Waals surface area contributed by atoms with Gasteiger partial charge in [-0.25, -0.2) is 45.3 Å². The van der Waals surface area contributed by atoms with E-state index in [1.54, 1.807) is 96.8 Å². The second-order valence-corrected chi connectivity index (χ2v) is 37.3. The van der Waals surface area contributed by atoms with Crippen LogP contribution in [0.5, 0.6) is 17.5 Å². The number of rotatable bonds is 29. The predicted molar refractivity (Wildman–Crippen MR) is 557 cm³/mol. The minimum atomic E-state index is -1.09. The van der Waals surface area contributed by atoms with Crippen molar-refractivity contribution in [1.29, 1.82) is 5.26 Å². The third kappa shape index (κ3) is 33.3. The second kappa shape index (κ2) is 56.5. The van der Waals surface area contributed by atoms with Crippen LogP contribution >= 0.6 is 39.1 Å². The molecule has 0 amide bonds. The van der Waals surface area contributed by atoms with E-state index in [1.165, 1.54) is 108 Å². The third-order valence-corrected chi connectivity index (χ3v) is 26.4. The Labute approximate surface area is 859 Å². The first-order chi connectivity index (χ1) is 70.5. The van der Waals surface area contributed by atoms with Gasteiger partial charge in [-0.2, -0.15) is 50.5 Å². The van der Waals surface area contributed by atoms with Crippen molar-refractivity contribution in [2.45, 2.75) is 187 Å². The lowest BCUT2D eigenvalue weighted by molar-refractivity contribution is 0.0696. The number of halogens is 9. The molecule has 14 aromatic rings. The molecule has 0 bridgehead atoms. The van der Waals surface area contributed by atoms with Crippen LogP contribution in [0.15, 0.2) is 176 Å². The molecule has 0 spiro atoms. The number of nitrogens with one attached hydrogen (secondary N) is 3. The fourth-order valence-electron chi connectivity index (χ4n) is 17.3. The van der Waals surface area contributed by atoms with Gasteiger partial charge in [0.25, 0.3) is 0 Å². The van der Waals surface area contributed by atoms with E-state index in [1.807, 2.05) is 78.9 Å². The van der Waals surface area contributed by atoms with Gasteiger partial charge in [-0.3, -0.25) is 29.6 Å². The number of methoxy groups -OCH3 is 2. The van der Waals surface area contributed by atoms with Crippen molar-refractivity contribution in [3.05, 3.63) is 306 Å². The number of hydrogen-bond acceptors (Lipinski definition) is 23. The van der Waals surface area contributed by atoms with Crippen LogP contribution < -0.4 is 30.6 Å². The van der Waals surface area contributed by atoms with Crippen LogP contribution in [-0.2, 0) is 70.8 Å². The Hall–Kier alpha value is -12.9. The Morgan fingerprint density at radius 1 is 0.483 bits per heavy atom. The summed E-state index contributed by atoms with van der Waals surface area (Å²) >= 11 is 15.2. The van der Waals surface area contributed by atoms with Gasteiger partial charge in [-0.05, 0) is 265 Å². The molecule has 0 radical (unpaired) electrons. The smallest absolute Gasteiger partial charge is 0.335 e. The molecule has 5 aliphatic heterocycles. The van der Waals surface area contributed by atoms with Gasteiger partial charge >= 0.3 is 12.0 Å². The largest absolute Gasteiger partial charge is 0.497 e. The van der Waals surface area contributed by atoms with Crippen molar-refractivity contribution < 1.29 is 55.6 Å². The normalized spacial score (nSPS) is 14.6. The molecule has 764 valence electrons. The van der Waals surface area contributed by atoms with E-state index in [4.69, 9.17) is 65.2 Å². The lowest BCUT2D eigenvalue weighted by Gasteiger charge is -2.15. The number of aromatic nitrogens is 12. The minimum absolute atomic E-state index is 0.00247. The molecule has 145 heavy (non-hydrogen) atoms. The van der Waals surface area contributed by atoms with Crippen LogP contribution in [0.1, 0.15) is 193 Å². The van der Waals surface area contributed by atoms with Gasteiger partial charge in [0.1, 0.15) is 63.9 Å². The number of hydrogen-bond donors (Lipinski definition) is 6. The number of carboxylic acid groups (broad SMARTS) is 1. The number of aromatic carboxylic acids is 1. The molecule has 6 fully saturated rings. The van der Waals surface area contributed by atoms with Crippen molar-refractivity contribution in [3.8, 4) is 23.6 Å². The third-order valence-electron chi connectivity index (χ3n) is 25.4. The molecule has 6 aromatic heterocycles. The van der Waals surface area contributed by atoms with Gasteiger partial charge in [-0.1, -0.05) is 146 Å². The maximum atomic E-state index is 14.8. The summed E-state index contributed by atoms with van der Waals surface area (Å²) in [6, 6.07) is 46.8. The summed E-state index contributed by atoms with van der Waals surface area (Å²) in [4.78, 5) is 50.6. The highest BCUT2D eigenvalue weighted by Crippen LogP contribution is 2.31. The molecule has 7 N–H and O–H groups in total. The topological polar surface area (TPSA) is 321 Å². The molecule has 0 atom stereocenters. The Kier molecular flexibility index (Phi) is 42.6. The number of nitrogen functional groups attached to an aromatic ring is 1. The summed E-state index contributed by atoms with van der Waals surface area (Å²) in [5.41, 5.74) is 17.1. The second-order valence-electron chi connectivity index (χ2n) is 36.1. The number of anilines is 3. The first-order valence-corrected chi connectivity index (χ1v) is 51.0. The number of carbonyl (C=O) groups is 1. The fourth-order valence-corrected chi connectivity index (χ4v) is 18.1. The molecule has 6 aliphatic rings. The number of aromatic amines is 1. The predicted octanol–water partition coefficient (Wildman–Crippen LogP) is 22.4. The van der Waals surface area contributed by atoms with Gasteiger partial charge < -0.3 is 40.8 Å². The SMILES string of the molecule is C1CCCC1.CCCCOc1nc(N)c2cnn(Cc3ccc(CN4CCCC4)c(F)c3)c2n1.COc1ccc(CNc2nc(Cl)nc3[nH]ncc23)cc1.COc1ccc(CNc2nc(Cl)nc3c2cnn3Cc2ccc(CN3CCCC3)c(F)c2)cc1.N#Cc1ccc(CN2CCCC2)c(F)c1.O=C(O)c1ccc(CN2CCCC2)c(F)c1.OCc1ccc(CN2CCCC2)c(F)c1.[C-]#[N+]c1ccc(CBr)c(F)c1. The Morgan fingerprint density at radius 2 is 0.883 bits per heavy atom. The number of aliphatic hydroxyl groups is 1. The quantitative estimate of drug-likeness (QED) is 0.00834. The summed E-state index contributed by atoms with van der Waals surface area (Å²) < 4.78 is 102. The monoisotopic (exact) mass is 2090 g/mol. The van der Waals surface area contributed by atoms with Crippen LogP contribution in [0, 0.1) is 52.8 Å². The molecule has 8 aromatic carbocycles. The molecule has 5 saturated heterocycles. The van der Waals surface area contributed by atoms with Crippen LogP contribution in [0.25, 0.3) is 37.9 Å². The van der Waals surface area contributed by atoms with E-state index in [9.17, 15) is 31.1 Å². The van der Waals surface area contributed by atoms with Crippen LogP contribution in [0.2, 0.25) is 10.6 Å². The van der Waals surface area contributed by atoms with Gasteiger partial charge in [0.15, 0.2) is 22.6 Å². The lowest BCUT2D eigenvalue weighted by Crippen LogP contribution is -2.19. The molecule has 37 heteroatoms. The summed E-state index contributed by atoms with van der Waals surface area (Å²) in [6.07, 6.45) is 26.4. The molecule has 1 saturated carbocycles. The number of fused-ring (bicyclic) bond motifs is 3.